The Morgan fingerprint density at radius 2 is 1.96 bits per heavy atom. The molecular weight excluding hydrogens is 335 g/mol. The lowest BCUT2D eigenvalue weighted by Crippen LogP contribution is -2.32. The van der Waals surface area contributed by atoms with E-state index in [0.29, 0.717) is 23.9 Å². The molecule has 2 heterocycles. The van der Waals surface area contributed by atoms with Crippen LogP contribution in [0.3, 0.4) is 0 Å². The topological polar surface area (TPSA) is 80.5 Å². The molecule has 7 heteroatoms. The summed E-state index contributed by atoms with van der Waals surface area (Å²) in [6, 6.07) is 9.33. The van der Waals surface area contributed by atoms with Crippen LogP contribution in [-0.2, 0) is 4.74 Å². The maximum atomic E-state index is 13.1. The molecule has 0 radical (unpaired) electrons. The number of hydrogen-bond acceptors (Lipinski definition) is 5. The van der Waals surface area contributed by atoms with Crippen molar-refractivity contribution in [3.63, 3.8) is 0 Å². The Morgan fingerprint density at radius 1 is 1.27 bits per heavy atom. The van der Waals surface area contributed by atoms with E-state index in [-0.39, 0.29) is 11.6 Å². The summed E-state index contributed by atoms with van der Waals surface area (Å²) in [5.74, 6) is 0.299. The number of piperidine rings is 1. The van der Waals surface area contributed by atoms with Crippen molar-refractivity contribution in [1.29, 1.82) is 0 Å². The maximum absolute atomic E-state index is 13.1. The van der Waals surface area contributed by atoms with Crippen molar-refractivity contribution < 1.29 is 13.9 Å². The van der Waals surface area contributed by atoms with Gasteiger partial charge in [0.1, 0.15) is 5.82 Å². The summed E-state index contributed by atoms with van der Waals surface area (Å²) < 4.78 is 18.4. The number of nitrogens with zero attached hydrogens (tertiary/aromatic N) is 2. The number of nitrogen functional groups attached to an aromatic ring is 1. The molecule has 0 spiro atoms. The average molecular weight is 358 g/mol. The van der Waals surface area contributed by atoms with Gasteiger partial charge in [0, 0.05) is 5.56 Å². The molecule has 1 aromatic carbocycles. The van der Waals surface area contributed by atoms with E-state index in [1.807, 2.05) is 0 Å². The van der Waals surface area contributed by atoms with Gasteiger partial charge in [-0.3, -0.25) is 5.32 Å². The van der Waals surface area contributed by atoms with Crippen LogP contribution in [0.2, 0.25) is 0 Å². The minimum Gasteiger partial charge on any atom is -0.449 e. The number of aromatic nitrogens is 1. The third kappa shape index (κ3) is 4.70. The molecule has 26 heavy (non-hydrogen) atoms. The van der Waals surface area contributed by atoms with Crippen LogP contribution in [0.5, 0.6) is 0 Å². The van der Waals surface area contributed by atoms with Crippen molar-refractivity contribution in [2.45, 2.75) is 12.8 Å². The molecule has 1 aliphatic rings. The smallest absolute Gasteiger partial charge is 0.412 e. The first-order valence-electron chi connectivity index (χ1n) is 8.66. The molecule has 2 aromatic rings. The number of rotatable bonds is 4. The number of anilines is 2. The molecule has 138 valence electrons. The van der Waals surface area contributed by atoms with E-state index in [0.717, 1.165) is 31.5 Å². The van der Waals surface area contributed by atoms with Crippen LogP contribution in [0.25, 0.3) is 11.3 Å². The Hall–Kier alpha value is -2.67. The van der Waals surface area contributed by atoms with Gasteiger partial charge in [-0.25, -0.2) is 14.2 Å². The fourth-order valence-corrected chi connectivity index (χ4v) is 2.91. The highest BCUT2D eigenvalue weighted by Crippen LogP contribution is 2.24. The van der Waals surface area contributed by atoms with Gasteiger partial charge in [0.15, 0.2) is 5.82 Å². The van der Waals surface area contributed by atoms with Crippen molar-refractivity contribution >= 4 is 17.6 Å². The summed E-state index contributed by atoms with van der Waals surface area (Å²) >= 11 is 0. The monoisotopic (exact) mass is 358 g/mol. The number of halogens is 1. The van der Waals surface area contributed by atoms with Gasteiger partial charge in [0.25, 0.3) is 0 Å². The third-order valence-electron chi connectivity index (χ3n) is 4.58. The number of benzene rings is 1. The predicted octanol–water partition coefficient (Wildman–Crippen LogP) is 3.36. The minimum atomic E-state index is -0.570. The van der Waals surface area contributed by atoms with Crippen LogP contribution in [0.1, 0.15) is 12.8 Å². The Kier molecular flexibility index (Phi) is 5.68. The number of nitrogens with two attached hydrogens (primary N) is 1. The van der Waals surface area contributed by atoms with Crippen LogP contribution in [0.4, 0.5) is 20.7 Å². The normalized spacial score (nSPS) is 15.6. The first-order chi connectivity index (χ1) is 12.5. The summed E-state index contributed by atoms with van der Waals surface area (Å²) in [7, 11) is 2.09. The SMILES string of the molecule is CN1CCC(COC(=O)Nc2nc(-c3ccc(F)cc3)ccc2N)CC1. The second-order valence-corrected chi connectivity index (χ2v) is 6.61. The average Bonchev–Trinajstić information content (AvgIpc) is 2.64. The van der Waals surface area contributed by atoms with Gasteiger partial charge < -0.3 is 15.4 Å². The van der Waals surface area contributed by atoms with Gasteiger partial charge in [-0.1, -0.05) is 0 Å². The number of hydrogen-bond donors (Lipinski definition) is 2. The zero-order chi connectivity index (χ0) is 18.5. The number of amides is 1. The van der Waals surface area contributed by atoms with Crippen LogP contribution in [0.15, 0.2) is 36.4 Å². The summed E-state index contributed by atoms with van der Waals surface area (Å²) in [6.07, 6.45) is 1.47. The fourth-order valence-electron chi connectivity index (χ4n) is 2.91. The minimum absolute atomic E-state index is 0.236. The number of carbonyl (C=O) groups excluding carboxylic acids is 1. The molecule has 1 aliphatic heterocycles. The van der Waals surface area contributed by atoms with Crippen LogP contribution in [-0.4, -0.2) is 42.7 Å². The molecule has 0 aliphatic carbocycles. The molecule has 0 bridgehead atoms. The molecule has 1 amide bonds. The summed E-state index contributed by atoms with van der Waals surface area (Å²) in [4.78, 5) is 18.7. The van der Waals surface area contributed by atoms with E-state index in [9.17, 15) is 9.18 Å². The second kappa shape index (κ2) is 8.14. The summed E-state index contributed by atoms with van der Waals surface area (Å²) in [6.45, 7) is 2.42. The molecule has 3 N–H and O–H groups in total. The Balaban J connectivity index is 1.60. The number of likely N-dealkylation sites (tertiary alicyclic amines) is 1. The van der Waals surface area contributed by atoms with Crippen molar-refractivity contribution in [2.24, 2.45) is 5.92 Å². The number of ether oxygens (including phenoxy) is 1. The Bertz CT molecular complexity index is 759. The van der Waals surface area contributed by atoms with Crippen molar-refractivity contribution in [2.75, 3.05) is 37.8 Å². The molecule has 0 saturated carbocycles. The predicted molar refractivity (Wildman–Crippen MR) is 99.2 cm³/mol. The van der Waals surface area contributed by atoms with Crippen molar-refractivity contribution in [1.82, 2.24) is 9.88 Å². The number of nitrogens with one attached hydrogen (secondary N) is 1. The van der Waals surface area contributed by atoms with Crippen LogP contribution < -0.4 is 11.1 Å². The highest BCUT2D eigenvalue weighted by molar-refractivity contribution is 5.87. The zero-order valence-electron chi connectivity index (χ0n) is 14.7. The quantitative estimate of drug-likeness (QED) is 0.876. The number of pyridine rings is 1. The summed E-state index contributed by atoms with van der Waals surface area (Å²) in [5.41, 5.74) is 7.55. The van der Waals surface area contributed by atoms with E-state index in [1.165, 1.54) is 12.1 Å². The van der Waals surface area contributed by atoms with Gasteiger partial charge in [0.05, 0.1) is 18.0 Å². The highest BCUT2D eigenvalue weighted by atomic mass is 19.1. The lowest BCUT2D eigenvalue weighted by atomic mass is 9.98. The molecule has 1 saturated heterocycles. The third-order valence-corrected chi connectivity index (χ3v) is 4.58. The van der Waals surface area contributed by atoms with E-state index in [2.05, 4.69) is 22.2 Å². The van der Waals surface area contributed by atoms with E-state index >= 15 is 0 Å². The molecule has 0 unspecified atom stereocenters. The van der Waals surface area contributed by atoms with Crippen LogP contribution in [0, 0.1) is 11.7 Å². The van der Waals surface area contributed by atoms with E-state index in [4.69, 9.17) is 10.5 Å². The first-order valence-corrected chi connectivity index (χ1v) is 8.66. The Labute approximate surface area is 152 Å². The summed E-state index contributed by atoms with van der Waals surface area (Å²) in [5, 5.41) is 2.60. The number of carbonyl (C=O) groups is 1. The highest BCUT2D eigenvalue weighted by Gasteiger charge is 2.18. The zero-order valence-corrected chi connectivity index (χ0v) is 14.7. The maximum Gasteiger partial charge on any atom is 0.412 e. The Morgan fingerprint density at radius 3 is 2.65 bits per heavy atom. The molecular formula is C19H23FN4O2. The second-order valence-electron chi connectivity index (χ2n) is 6.61. The van der Waals surface area contributed by atoms with Gasteiger partial charge >= 0.3 is 6.09 Å². The van der Waals surface area contributed by atoms with Gasteiger partial charge in [-0.15, -0.1) is 0 Å². The van der Waals surface area contributed by atoms with Gasteiger partial charge in [-0.2, -0.15) is 0 Å². The lowest BCUT2D eigenvalue weighted by molar-refractivity contribution is 0.113. The van der Waals surface area contributed by atoms with Gasteiger partial charge in [-0.05, 0) is 75.3 Å². The largest absolute Gasteiger partial charge is 0.449 e. The van der Waals surface area contributed by atoms with Crippen molar-refractivity contribution in [3.05, 3.63) is 42.2 Å². The van der Waals surface area contributed by atoms with Gasteiger partial charge in [0.2, 0.25) is 0 Å². The molecule has 6 nitrogen and oxygen atoms in total. The van der Waals surface area contributed by atoms with Crippen molar-refractivity contribution in [3.8, 4) is 11.3 Å². The lowest BCUT2D eigenvalue weighted by Gasteiger charge is -2.28. The van der Waals surface area contributed by atoms with E-state index in [1.54, 1.807) is 24.3 Å². The fraction of sp³-hybridized carbons (Fsp3) is 0.368. The first kappa shape index (κ1) is 18.1. The standard InChI is InChI=1S/C19H23FN4O2/c1-24-10-8-13(9-11-24)12-26-19(25)23-18-16(21)6-7-17(22-18)14-2-4-15(20)5-3-14/h2-7,13H,8-12,21H2,1H3,(H,22,23,25). The van der Waals surface area contributed by atoms with E-state index < -0.39 is 6.09 Å². The molecule has 0 atom stereocenters. The molecule has 1 fully saturated rings. The van der Waals surface area contributed by atoms with Crippen LogP contribution >= 0.6 is 0 Å². The molecule has 1 aromatic heterocycles. The molecule has 3 rings (SSSR count).